The minimum atomic E-state index is -3.77. The first-order valence-electron chi connectivity index (χ1n) is 10.1. The largest absolute Gasteiger partial charge is 0.586 e. The Kier molecular flexibility index (Phi) is 5.47. The number of nitrogens with zero attached hydrogens (tertiary/aromatic N) is 1. The van der Waals surface area contributed by atoms with Gasteiger partial charge >= 0.3 is 12.3 Å². The second-order valence-corrected chi connectivity index (χ2v) is 8.27. The summed E-state index contributed by atoms with van der Waals surface area (Å²) in [6.07, 6.45) is -3.77. The van der Waals surface area contributed by atoms with Gasteiger partial charge < -0.3 is 19.9 Å². The van der Waals surface area contributed by atoms with E-state index in [1.54, 1.807) is 32.9 Å². The van der Waals surface area contributed by atoms with Crippen molar-refractivity contribution in [3.8, 4) is 22.8 Å². The molecule has 2 aromatic carbocycles. The molecule has 176 valence electrons. The van der Waals surface area contributed by atoms with E-state index in [9.17, 15) is 27.9 Å². The number of ether oxygens (including phenoxy) is 2. The number of anilines is 1. The quantitative estimate of drug-likeness (QED) is 0.534. The first-order valence-corrected chi connectivity index (χ1v) is 10.1. The van der Waals surface area contributed by atoms with Crippen LogP contribution in [0.2, 0.25) is 0 Å². The van der Waals surface area contributed by atoms with Crippen molar-refractivity contribution in [1.82, 2.24) is 4.98 Å². The highest BCUT2D eigenvalue weighted by atomic mass is 19.3. The highest BCUT2D eigenvalue weighted by Crippen LogP contribution is 2.43. The van der Waals surface area contributed by atoms with Gasteiger partial charge in [-0.3, -0.25) is 4.79 Å². The molecule has 10 heteroatoms. The van der Waals surface area contributed by atoms with Gasteiger partial charge in [-0.1, -0.05) is 12.1 Å². The summed E-state index contributed by atoms with van der Waals surface area (Å²) < 4.78 is 49.3. The lowest BCUT2D eigenvalue weighted by Crippen LogP contribution is -2.35. The van der Waals surface area contributed by atoms with Crippen molar-refractivity contribution in [2.45, 2.75) is 32.5 Å². The molecule has 0 unspecified atom stereocenters. The summed E-state index contributed by atoms with van der Waals surface area (Å²) in [7, 11) is 0. The van der Waals surface area contributed by atoms with Gasteiger partial charge in [0.1, 0.15) is 11.6 Å². The molecule has 0 saturated carbocycles. The third-order valence-corrected chi connectivity index (χ3v) is 5.50. The summed E-state index contributed by atoms with van der Waals surface area (Å²) in [5.41, 5.74) is 0.142. The fourth-order valence-corrected chi connectivity index (χ4v) is 3.47. The summed E-state index contributed by atoms with van der Waals surface area (Å²) >= 11 is 0. The van der Waals surface area contributed by atoms with Gasteiger partial charge in [-0.05, 0) is 68.3 Å². The van der Waals surface area contributed by atoms with Crippen LogP contribution in [0, 0.1) is 12.7 Å². The Morgan fingerprint density at radius 1 is 1.03 bits per heavy atom. The van der Waals surface area contributed by atoms with Gasteiger partial charge in [0.2, 0.25) is 5.91 Å². The van der Waals surface area contributed by atoms with Crippen LogP contribution in [-0.4, -0.2) is 28.3 Å². The Morgan fingerprint density at radius 2 is 1.74 bits per heavy atom. The predicted octanol–water partition coefficient (Wildman–Crippen LogP) is 5.13. The molecule has 0 atom stereocenters. The number of aromatic nitrogens is 1. The lowest BCUT2D eigenvalue weighted by molar-refractivity contribution is -0.286. The number of aromatic carboxylic acids is 1. The van der Waals surface area contributed by atoms with Crippen molar-refractivity contribution in [1.29, 1.82) is 0 Å². The van der Waals surface area contributed by atoms with Gasteiger partial charge in [0, 0.05) is 5.56 Å². The molecule has 0 spiro atoms. The molecule has 1 aliphatic heterocycles. The zero-order valence-corrected chi connectivity index (χ0v) is 18.3. The predicted molar refractivity (Wildman–Crippen MR) is 116 cm³/mol. The molecule has 0 bridgehead atoms. The standard InChI is InChI=1S/C24H19F3N2O5/c1-12-4-9-19(28-20(12)13-5-7-16(25)15(10-13)21(30)31)29-22(32)23(2,3)14-6-8-17-18(11-14)34-24(26,27)33-17/h4-11H,1-3H3,(H,30,31)(H,28,29,32). The Hall–Kier alpha value is -4.08. The van der Waals surface area contributed by atoms with E-state index in [2.05, 4.69) is 19.8 Å². The fraction of sp³-hybridized carbons (Fsp3) is 0.208. The molecular weight excluding hydrogens is 453 g/mol. The number of benzene rings is 2. The van der Waals surface area contributed by atoms with Crippen molar-refractivity contribution in [3.63, 3.8) is 0 Å². The smallest absolute Gasteiger partial charge is 0.478 e. The number of carbonyl (C=O) groups is 2. The number of rotatable bonds is 5. The number of pyridine rings is 1. The number of aryl methyl sites for hydroxylation is 1. The van der Waals surface area contributed by atoms with Crippen molar-refractivity contribution < 1.29 is 37.3 Å². The summed E-state index contributed by atoms with van der Waals surface area (Å²) in [5, 5.41) is 11.9. The number of fused-ring (bicyclic) bond motifs is 1. The minimum absolute atomic E-state index is 0.130. The van der Waals surface area contributed by atoms with E-state index >= 15 is 0 Å². The summed E-state index contributed by atoms with van der Waals surface area (Å²) in [5.74, 6) is -2.90. The van der Waals surface area contributed by atoms with Crippen molar-refractivity contribution >= 4 is 17.7 Å². The van der Waals surface area contributed by atoms with Crippen LogP contribution in [0.15, 0.2) is 48.5 Å². The van der Waals surface area contributed by atoms with E-state index < -0.39 is 35.0 Å². The number of carboxylic acid groups (broad SMARTS) is 1. The normalized spacial score (nSPS) is 14.1. The topological polar surface area (TPSA) is 97.8 Å². The van der Waals surface area contributed by atoms with E-state index in [1.165, 1.54) is 30.3 Å². The van der Waals surface area contributed by atoms with Gasteiger partial charge in [0.25, 0.3) is 0 Å². The molecule has 7 nitrogen and oxygen atoms in total. The number of amides is 1. The number of nitrogens with one attached hydrogen (secondary N) is 1. The average Bonchev–Trinajstić information content (AvgIpc) is 3.08. The van der Waals surface area contributed by atoms with E-state index in [4.69, 9.17) is 0 Å². The average molecular weight is 472 g/mol. The summed E-state index contributed by atoms with van der Waals surface area (Å²) in [6, 6.07) is 11.0. The third kappa shape index (κ3) is 4.26. The number of carbonyl (C=O) groups excluding carboxylic acids is 1. The zero-order chi connectivity index (χ0) is 24.8. The number of hydrogen-bond donors (Lipinski definition) is 2. The van der Waals surface area contributed by atoms with E-state index in [-0.39, 0.29) is 17.3 Å². The maximum Gasteiger partial charge on any atom is 0.586 e. The Balaban J connectivity index is 1.61. The summed E-state index contributed by atoms with van der Waals surface area (Å²) in [6.45, 7) is 4.95. The van der Waals surface area contributed by atoms with Crippen molar-refractivity contribution in [2.75, 3.05) is 5.32 Å². The molecule has 3 aromatic rings. The highest BCUT2D eigenvalue weighted by molar-refractivity contribution is 5.98. The van der Waals surface area contributed by atoms with Crippen molar-refractivity contribution in [3.05, 3.63) is 71.0 Å². The molecule has 0 saturated heterocycles. The number of halogens is 3. The third-order valence-electron chi connectivity index (χ3n) is 5.50. The lowest BCUT2D eigenvalue weighted by Gasteiger charge is -2.24. The first-order chi connectivity index (χ1) is 15.9. The maximum atomic E-state index is 13.8. The number of carboxylic acids is 1. The van der Waals surface area contributed by atoms with E-state index in [0.29, 0.717) is 22.4 Å². The maximum absolute atomic E-state index is 13.8. The van der Waals surface area contributed by atoms with Gasteiger partial charge in [-0.25, -0.2) is 14.2 Å². The molecule has 1 amide bonds. The van der Waals surface area contributed by atoms with E-state index in [1.807, 2.05) is 0 Å². The molecule has 34 heavy (non-hydrogen) atoms. The minimum Gasteiger partial charge on any atom is -0.478 e. The van der Waals surface area contributed by atoms with Gasteiger partial charge in [-0.15, -0.1) is 8.78 Å². The van der Waals surface area contributed by atoms with Gasteiger partial charge in [-0.2, -0.15) is 0 Å². The van der Waals surface area contributed by atoms with Crippen LogP contribution in [-0.2, 0) is 10.2 Å². The molecule has 0 aliphatic carbocycles. The van der Waals surface area contributed by atoms with Crippen LogP contribution in [0.3, 0.4) is 0 Å². The Bertz CT molecular complexity index is 1320. The lowest BCUT2D eigenvalue weighted by atomic mass is 9.83. The molecular formula is C24H19F3N2O5. The van der Waals surface area contributed by atoms with Gasteiger partial charge in [0.05, 0.1) is 16.7 Å². The number of hydrogen-bond acceptors (Lipinski definition) is 5. The molecule has 1 aliphatic rings. The molecule has 0 fully saturated rings. The van der Waals surface area contributed by atoms with Gasteiger partial charge in [0.15, 0.2) is 11.5 Å². The second-order valence-electron chi connectivity index (χ2n) is 8.27. The zero-order valence-electron chi connectivity index (χ0n) is 18.3. The van der Waals surface area contributed by atoms with Crippen molar-refractivity contribution in [2.24, 2.45) is 0 Å². The number of alkyl halides is 2. The SMILES string of the molecule is Cc1ccc(NC(=O)C(C)(C)c2ccc3c(c2)OC(F)(F)O3)nc1-c1ccc(F)c(C(=O)O)c1. The van der Waals surface area contributed by atoms with Crippen LogP contribution in [0.25, 0.3) is 11.3 Å². The molecule has 4 rings (SSSR count). The molecule has 2 heterocycles. The monoisotopic (exact) mass is 472 g/mol. The summed E-state index contributed by atoms with van der Waals surface area (Å²) in [4.78, 5) is 28.8. The molecule has 1 aromatic heterocycles. The first kappa shape index (κ1) is 23.1. The highest BCUT2D eigenvalue weighted by Gasteiger charge is 2.44. The van der Waals surface area contributed by atoms with Crippen LogP contribution < -0.4 is 14.8 Å². The van der Waals surface area contributed by atoms with Crippen LogP contribution in [0.4, 0.5) is 19.0 Å². The fourth-order valence-electron chi connectivity index (χ4n) is 3.47. The molecule has 0 radical (unpaired) electrons. The Morgan fingerprint density at radius 3 is 2.44 bits per heavy atom. The van der Waals surface area contributed by atoms with Crippen LogP contribution in [0.5, 0.6) is 11.5 Å². The van der Waals surface area contributed by atoms with Crippen LogP contribution in [0.1, 0.15) is 35.3 Å². The van der Waals surface area contributed by atoms with Crippen LogP contribution >= 0.6 is 0 Å². The Labute approximate surface area is 192 Å². The second kappa shape index (κ2) is 8.05. The molecule has 2 N–H and O–H groups in total. The van der Waals surface area contributed by atoms with E-state index in [0.717, 1.165) is 6.07 Å².